The number of anilines is 1. The van der Waals surface area contributed by atoms with Crippen LogP contribution in [-0.2, 0) is 22.9 Å². The van der Waals surface area contributed by atoms with Crippen LogP contribution >= 0.6 is 0 Å². The Bertz CT molecular complexity index is 780. The van der Waals surface area contributed by atoms with Crippen molar-refractivity contribution in [3.8, 4) is 5.69 Å². The van der Waals surface area contributed by atoms with Gasteiger partial charge in [0.05, 0.1) is 28.3 Å². The zero-order valence-electron chi connectivity index (χ0n) is 11.8. The SMILES string of the molecule is CNS(=O)(=O)c1ccc(-n2cnc3c2CCCC3)c(N)c1. The lowest BCUT2D eigenvalue weighted by Crippen LogP contribution is -2.19. The van der Waals surface area contributed by atoms with Gasteiger partial charge < -0.3 is 10.3 Å². The number of sulfonamides is 1. The summed E-state index contributed by atoms with van der Waals surface area (Å²) in [6.45, 7) is 0. The first-order chi connectivity index (χ1) is 10.0. The summed E-state index contributed by atoms with van der Waals surface area (Å²) in [6, 6.07) is 4.78. The van der Waals surface area contributed by atoms with Gasteiger partial charge in [0.1, 0.15) is 0 Å². The molecule has 1 aromatic heterocycles. The topological polar surface area (TPSA) is 90.0 Å². The molecule has 6 nitrogen and oxygen atoms in total. The van der Waals surface area contributed by atoms with Gasteiger partial charge in [-0.2, -0.15) is 0 Å². The maximum Gasteiger partial charge on any atom is 0.240 e. The summed E-state index contributed by atoms with van der Waals surface area (Å²) in [5, 5.41) is 0. The number of nitrogens with zero attached hydrogens (tertiary/aromatic N) is 2. The number of imidazole rings is 1. The second-order valence-corrected chi connectivity index (χ2v) is 7.03. The number of nitrogen functional groups attached to an aromatic ring is 1. The third-order valence-electron chi connectivity index (χ3n) is 3.87. The van der Waals surface area contributed by atoms with Crippen molar-refractivity contribution in [3.63, 3.8) is 0 Å². The number of hydrogen-bond acceptors (Lipinski definition) is 4. The number of hydrogen-bond donors (Lipinski definition) is 2. The number of nitrogens with two attached hydrogens (primary N) is 1. The lowest BCUT2D eigenvalue weighted by molar-refractivity contribution is 0.588. The maximum absolute atomic E-state index is 11.8. The van der Waals surface area contributed by atoms with E-state index in [2.05, 4.69) is 9.71 Å². The average Bonchev–Trinajstić information content (AvgIpc) is 2.91. The molecule has 0 saturated heterocycles. The van der Waals surface area contributed by atoms with E-state index in [9.17, 15) is 8.42 Å². The number of fused-ring (bicyclic) bond motifs is 1. The van der Waals surface area contributed by atoms with Crippen molar-refractivity contribution in [2.45, 2.75) is 30.6 Å². The van der Waals surface area contributed by atoms with Crippen LogP contribution in [0.4, 0.5) is 5.69 Å². The Labute approximate surface area is 124 Å². The number of rotatable bonds is 3. The van der Waals surface area contributed by atoms with E-state index >= 15 is 0 Å². The molecule has 7 heteroatoms. The van der Waals surface area contributed by atoms with Gasteiger partial charge >= 0.3 is 0 Å². The zero-order valence-corrected chi connectivity index (χ0v) is 12.7. The Balaban J connectivity index is 2.06. The van der Waals surface area contributed by atoms with E-state index in [0.29, 0.717) is 5.69 Å². The van der Waals surface area contributed by atoms with Gasteiger partial charge in [-0.3, -0.25) is 0 Å². The van der Waals surface area contributed by atoms with E-state index < -0.39 is 10.0 Å². The van der Waals surface area contributed by atoms with Crippen LogP contribution in [0, 0.1) is 0 Å². The van der Waals surface area contributed by atoms with Crippen LogP contribution in [0.1, 0.15) is 24.2 Å². The molecule has 112 valence electrons. The predicted molar refractivity (Wildman–Crippen MR) is 80.9 cm³/mol. The highest BCUT2D eigenvalue weighted by Crippen LogP contribution is 2.27. The van der Waals surface area contributed by atoms with Gasteiger partial charge in [-0.1, -0.05) is 0 Å². The molecule has 21 heavy (non-hydrogen) atoms. The fourth-order valence-corrected chi connectivity index (χ4v) is 3.48. The fraction of sp³-hybridized carbons (Fsp3) is 0.357. The minimum absolute atomic E-state index is 0.167. The number of aryl methyl sites for hydroxylation is 1. The zero-order chi connectivity index (χ0) is 15.0. The highest BCUT2D eigenvalue weighted by molar-refractivity contribution is 7.89. The summed E-state index contributed by atoms with van der Waals surface area (Å²) in [5.41, 5.74) is 9.56. The van der Waals surface area contributed by atoms with Gasteiger partial charge in [0, 0.05) is 5.69 Å². The van der Waals surface area contributed by atoms with Gasteiger partial charge in [-0.05, 0) is 50.9 Å². The van der Waals surface area contributed by atoms with E-state index in [-0.39, 0.29) is 4.90 Å². The van der Waals surface area contributed by atoms with Crippen molar-refractivity contribution in [1.82, 2.24) is 14.3 Å². The highest BCUT2D eigenvalue weighted by atomic mass is 32.2. The molecular weight excluding hydrogens is 288 g/mol. The van der Waals surface area contributed by atoms with E-state index in [1.54, 1.807) is 18.5 Å². The summed E-state index contributed by atoms with van der Waals surface area (Å²) in [6.07, 6.45) is 6.05. The van der Waals surface area contributed by atoms with Crippen molar-refractivity contribution in [2.75, 3.05) is 12.8 Å². The Hall–Kier alpha value is -1.86. The molecule has 0 amide bonds. The molecule has 1 aromatic carbocycles. The maximum atomic E-state index is 11.8. The van der Waals surface area contributed by atoms with Crippen LogP contribution in [0.15, 0.2) is 29.4 Å². The summed E-state index contributed by atoms with van der Waals surface area (Å²) >= 11 is 0. The van der Waals surface area contributed by atoms with Crippen LogP contribution in [-0.4, -0.2) is 25.0 Å². The number of benzene rings is 1. The van der Waals surface area contributed by atoms with E-state index in [4.69, 9.17) is 5.73 Å². The number of aromatic nitrogens is 2. The molecule has 0 fully saturated rings. The first kappa shape index (κ1) is 14.1. The second kappa shape index (κ2) is 5.16. The molecule has 1 aliphatic rings. The molecule has 0 atom stereocenters. The molecule has 1 heterocycles. The van der Waals surface area contributed by atoms with Crippen LogP contribution < -0.4 is 10.5 Å². The number of nitrogens with one attached hydrogen (secondary N) is 1. The molecular formula is C14H18N4O2S. The minimum Gasteiger partial charge on any atom is -0.397 e. The summed E-state index contributed by atoms with van der Waals surface area (Å²) in [4.78, 5) is 4.61. The molecule has 0 unspecified atom stereocenters. The van der Waals surface area contributed by atoms with Crippen molar-refractivity contribution in [3.05, 3.63) is 35.9 Å². The standard InChI is InChI=1S/C14H18N4O2S/c1-16-21(19,20)10-6-7-13(11(15)8-10)18-9-17-12-4-2-3-5-14(12)18/h6-9,16H,2-5,15H2,1H3. The third-order valence-corrected chi connectivity index (χ3v) is 5.28. The summed E-state index contributed by atoms with van der Waals surface area (Å²) in [7, 11) is -2.10. The van der Waals surface area contributed by atoms with Crippen molar-refractivity contribution < 1.29 is 8.42 Å². The largest absolute Gasteiger partial charge is 0.397 e. The average molecular weight is 306 g/mol. The minimum atomic E-state index is -3.48. The van der Waals surface area contributed by atoms with Crippen LogP contribution in [0.3, 0.4) is 0 Å². The van der Waals surface area contributed by atoms with Gasteiger partial charge in [0.2, 0.25) is 10.0 Å². The summed E-state index contributed by atoms with van der Waals surface area (Å²) < 4.78 is 27.9. The van der Waals surface area contributed by atoms with Crippen LogP contribution in [0.25, 0.3) is 5.69 Å². The molecule has 1 aliphatic carbocycles. The van der Waals surface area contributed by atoms with Gasteiger partial charge in [-0.25, -0.2) is 18.1 Å². The lowest BCUT2D eigenvalue weighted by atomic mass is 10.0. The van der Waals surface area contributed by atoms with Crippen LogP contribution in [0.5, 0.6) is 0 Å². The van der Waals surface area contributed by atoms with E-state index in [0.717, 1.165) is 30.6 Å². The highest BCUT2D eigenvalue weighted by Gasteiger charge is 2.18. The first-order valence-corrected chi connectivity index (χ1v) is 8.40. The lowest BCUT2D eigenvalue weighted by Gasteiger charge is -2.16. The monoisotopic (exact) mass is 306 g/mol. The third kappa shape index (κ3) is 2.43. The Morgan fingerprint density at radius 2 is 2.05 bits per heavy atom. The molecule has 2 aromatic rings. The molecule has 0 radical (unpaired) electrons. The smallest absolute Gasteiger partial charge is 0.240 e. The van der Waals surface area contributed by atoms with Gasteiger partial charge in [0.25, 0.3) is 0 Å². The van der Waals surface area contributed by atoms with Gasteiger partial charge in [-0.15, -0.1) is 0 Å². The normalized spacial score (nSPS) is 14.9. The second-order valence-electron chi connectivity index (χ2n) is 5.14. The molecule has 0 spiro atoms. The Morgan fingerprint density at radius 1 is 1.29 bits per heavy atom. The first-order valence-electron chi connectivity index (χ1n) is 6.91. The van der Waals surface area contributed by atoms with Gasteiger partial charge in [0.15, 0.2) is 0 Å². The van der Waals surface area contributed by atoms with Crippen LogP contribution in [0.2, 0.25) is 0 Å². The van der Waals surface area contributed by atoms with Crippen molar-refractivity contribution in [1.29, 1.82) is 0 Å². The molecule has 0 bridgehead atoms. The Morgan fingerprint density at radius 3 is 2.76 bits per heavy atom. The predicted octanol–water partition coefficient (Wildman–Crippen LogP) is 1.24. The molecule has 3 N–H and O–H groups in total. The quantitative estimate of drug-likeness (QED) is 0.835. The fourth-order valence-electron chi connectivity index (χ4n) is 2.71. The van der Waals surface area contributed by atoms with E-state index in [1.165, 1.54) is 25.2 Å². The summed E-state index contributed by atoms with van der Waals surface area (Å²) in [5.74, 6) is 0. The molecule has 3 rings (SSSR count). The van der Waals surface area contributed by atoms with Crippen molar-refractivity contribution in [2.24, 2.45) is 0 Å². The van der Waals surface area contributed by atoms with Crippen molar-refractivity contribution >= 4 is 15.7 Å². The Kier molecular flexibility index (Phi) is 3.46. The molecule has 0 saturated carbocycles. The molecule has 0 aliphatic heterocycles. The van der Waals surface area contributed by atoms with E-state index in [1.807, 2.05) is 4.57 Å².